The van der Waals surface area contributed by atoms with Crippen molar-refractivity contribution in [3.63, 3.8) is 0 Å². The van der Waals surface area contributed by atoms with E-state index < -0.39 is 0 Å². The van der Waals surface area contributed by atoms with Crippen molar-refractivity contribution in [2.45, 2.75) is 19.1 Å². The Morgan fingerprint density at radius 2 is 2.18 bits per heavy atom. The van der Waals surface area contributed by atoms with Gasteiger partial charge in [-0.1, -0.05) is 0 Å². The monoisotopic (exact) mass is 322 g/mol. The van der Waals surface area contributed by atoms with Gasteiger partial charge >= 0.3 is 0 Å². The molecule has 2 atom stereocenters. The highest BCUT2D eigenvalue weighted by molar-refractivity contribution is 5.95. The molecular weight excluding hydrogens is 304 g/mol. The average Bonchev–Trinajstić information content (AvgIpc) is 3.02. The number of benzene rings is 1. The van der Waals surface area contributed by atoms with Gasteiger partial charge in [-0.25, -0.2) is 4.68 Å². The van der Waals surface area contributed by atoms with Gasteiger partial charge < -0.3 is 15.4 Å². The number of halogens is 1. The van der Waals surface area contributed by atoms with Crippen LogP contribution in [0.4, 0.5) is 5.69 Å². The molecule has 1 aromatic carbocycles. The number of hydrogen-bond donors (Lipinski definition) is 2. The molecule has 2 aromatic rings. The van der Waals surface area contributed by atoms with E-state index in [0.29, 0.717) is 13.2 Å². The van der Waals surface area contributed by atoms with E-state index in [-0.39, 0.29) is 30.5 Å². The van der Waals surface area contributed by atoms with E-state index >= 15 is 0 Å². The summed E-state index contributed by atoms with van der Waals surface area (Å²) in [5.41, 5.74) is 1.71. The van der Waals surface area contributed by atoms with Crippen molar-refractivity contribution < 1.29 is 9.53 Å². The summed E-state index contributed by atoms with van der Waals surface area (Å²) in [5.74, 6) is -0.0750. The van der Waals surface area contributed by atoms with E-state index in [1.807, 2.05) is 43.5 Å². The largest absolute Gasteiger partial charge is 0.375 e. The smallest absolute Gasteiger partial charge is 0.244 e. The fourth-order valence-corrected chi connectivity index (χ4v) is 2.37. The number of morpholine rings is 1. The standard InChI is InChI=1S/C15H18N4O2.ClH/c1-11-14(16-8-10-21-11)15(20)18-12-3-5-13(6-4-12)19-9-2-7-17-19;/h2-7,9,11,14,16H,8,10H2,1H3,(H,18,20);1H/t11-,14+;/m1./s1. The third-order valence-electron chi connectivity index (χ3n) is 3.50. The first-order valence-electron chi connectivity index (χ1n) is 7.00. The number of aromatic nitrogens is 2. The minimum Gasteiger partial charge on any atom is -0.375 e. The normalized spacial score (nSPS) is 21.0. The number of rotatable bonds is 3. The van der Waals surface area contributed by atoms with Crippen molar-refractivity contribution in [2.24, 2.45) is 0 Å². The Hall–Kier alpha value is -1.89. The van der Waals surface area contributed by atoms with Crippen LogP contribution >= 0.6 is 12.4 Å². The van der Waals surface area contributed by atoms with E-state index in [4.69, 9.17) is 4.74 Å². The van der Waals surface area contributed by atoms with Gasteiger partial charge in [0.05, 0.1) is 18.4 Å². The first kappa shape index (κ1) is 16.5. The highest BCUT2D eigenvalue weighted by atomic mass is 35.5. The van der Waals surface area contributed by atoms with Crippen LogP contribution in [0.15, 0.2) is 42.7 Å². The minimum atomic E-state index is -0.315. The molecule has 1 amide bonds. The van der Waals surface area contributed by atoms with Crippen LogP contribution in [0.5, 0.6) is 0 Å². The van der Waals surface area contributed by atoms with Gasteiger partial charge in [-0.3, -0.25) is 4.79 Å². The van der Waals surface area contributed by atoms with Crippen LogP contribution in [0.3, 0.4) is 0 Å². The molecule has 1 aliphatic heterocycles. The first-order valence-corrected chi connectivity index (χ1v) is 7.00. The molecule has 1 saturated heterocycles. The number of nitrogens with zero attached hydrogens (tertiary/aromatic N) is 2. The maximum absolute atomic E-state index is 12.2. The fourth-order valence-electron chi connectivity index (χ4n) is 2.37. The molecule has 0 aliphatic carbocycles. The topological polar surface area (TPSA) is 68.2 Å². The number of anilines is 1. The quantitative estimate of drug-likeness (QED) is 0.901. The SMILES string of the molecule is C[C@H]1OCCN[C@@H]1C(=O)Nc1ccc(-n2cccn2)cc1.Cl. The number of ether oxygens (including phenoxy) is 1. The maximum atomic E-state index is 12.2. The predicted molar refractivity (Wildman–Crippen MR) is 86.6 cm³/mol. The van der Waals surface area contributed by atoms with Crippen LogP contribution in [0.25, 0.3) is 5.69 Å². The van der Waals surface area contributed by atoms with Crippen molar-refractivity contribution in [2.75, 3.05) is 18.5 Å². The minimum absolute atomic E-state index is 0. The van der Waals surface area contributed by atoms with Gasteiger partial charge in [0.25, 0.3) is 0 Å². The maximum Gasteiger partial charge on any atom is 0.244 e. The Kier molecular flexibility index (Phi) is 5.54. The lowest BCUT2D eigenvalue weighted by molar-refractivity contribution is -0.123. The van der Waals surface area contributed by atoms with Gasteiger partial charge in [0.2, 0.25) is 5.91 Å². The summed E-state index contributed by atoms with van der Waals surface area (Å²) < 4.78 is 7.25. The summed E-state index contributed by atoms with van der Waals surface area (Å²) >= 11 is 0. The zero-order valence-electron chi connectivity index (χ0n) is 12.2. The van der Waals surface area contributed by atoms with Crippen LogP contribution in [-0.2, 0) is 9.53 Å². The summed E-state index contributed by atoms with van der Waals surface area (Å²) in [6.45, 7) is 3.24. The van der Waals surface area contributed by atoms with E-state index in [0.717, 1.165) is 11.4 Å². The zero-order chi connectivity index (χ0) is 14.7. The van der Waals surface area contributed by atoms with Gasteiger partial charge in [0, 0.05) is 24.6 Å². The Bertz CT molecular complexity index is 601. The van der Waals surface area contributed by atoms with E-state index in [9.17, 15) is 4.79 Å². The molecule has 6 nitrogen and oxygen atoms in total. The van der Waals surface area contributed by atoms with Gasteiger partial charge in [-0.2, -0.15) is 5.10 Å². The van der Waals surface area contributed by atoms with Crippen molar-refractivity contribution in [3.8, 4) is 5.69 Å². The zero-order valence-corrected chi connectivity index (χ0v) is 13.0. The number of nitrogens with one attached hydrogen (secondary N) is 2. The lowest BCUT2D eigenvalue weighted by Crippen LogP contribution is -2.53. The molecule has 2 heterocycles. The molecule has 22 heavy (non-hydrogen) atoms. The second-order valence-corrected chi connectivity index (χ2v) is 4.99. The Labute approximate surface area is 135 Å². The molecule has 3 rings (SSSR count). The Morgan fingerprint density at radius 1 is 1.41 bits per heavy atom. The predicted octanol–water partition coefficient (Wildman–Crippen LogP) is 1.61. The molecule has 0 radical (unpaired) electrons. The van der Waals surface area contributed by atoms with Crippen LogP contribution in [-0.4, -0.2) is 41.0 Å². The second-order valence-electron chi connectivity index (χ2n) is 4.99. The summed E-state index contributed by atoms with van der Waals surface area (Å²) in [6, 6.07) is 9.11. The van der Waals surface area contributed by atoms with Crippen LogP contribution in [0.2, 0.25) is 0 Å². The molecule has 2 N–H and O–H groups in total. The highest BCUT2D eigenvalue weighted by Crippen LogP contribution is 2.14. The third-order valence-corrected chi connectivity index (χ3v) is 3.50. The van der Waals surface area contributed by atoms with E-state index in [1.54, 1.807) is 10.9 Å². The van der Waals surface area contributed by atoms with Crippen LogP contribution in [0, 0.1) is 0 Å². The molecule has 118 valence electrons. The molecule has 7 heteroatoms. The van der Waals surface area contributed by atoms with Gasteiger partial charge in [0.15, 0.2) is 0 Å². The second kappa shape index (κ2) is 7.40. The van der Waals surface area contributed by atoms with Crippen molar-refractivity contribution >= 4 is 24.0 Å². The summed E-state index contributed by atoms with van der Waals surface area (Å²) in [7, 11) is 0. The summed E-state index contributed by atoms with van der Waals surface area (Å²) in [4.78, 5) is 12.2. The molecule has 1 aliphatic rings. The van der Waals surface area contributed by atoms with Crippen molar-refractivity contribution in [1.82, 2.24) is 15.1 Å². The molecule has 0 saturated carbocycles. The van der Waals surface area contributed by atoms with Gasteiger partial charge in [-0.15, -0.1) is 12.4 Å². The average molecular weight is 323 g/mol. The van der Waals surface area contributed by atoms with Crippen LogP contribution in [0.1, 0.15) is 6.92 Å². The first-order chi connectivity index (χ1) is 10.2. The number of hydrogen-bond acceptors (Lipinski definition) is 4. The molecule has 0 spiro atoms. The van der Waals surface area contributed by atoms with Gasteiger partial charge in [0.1, 0.15) is 6.04 Å². The number of carbonyl (C=O) groups excluding carboxylic acids is 1. The molecular formula is C15H19ClN4O2. The van der Waals surface area contributed by atoms with E-state index in [2.05, 4.69) is 15.7 Å². The van der Waals surface area contributed by atoms with Crippen LogP contribution < -0.4 is 10.6 Å². The molecule has 1 aromatic heterocycles. The van der Waals surface area contributed by atoms with E-state index in [1.165, 1.54) is 0 Å². The number of carbonyl (C=O) groups is 1. The lowest BCUT2D eigenvalue weighted by atomic mass is 10.1. The summed E-state index contributed by atoms with van der Waals surface area (Å²) in [6.07, 6.45) is 3.48. The molecule has 1 fully saturated rings. The lowest BCUT2D eigenvalue weighted by Gasteiger charge is -2.29. The fraction of sp³-hybridized carbons (Fsp3) is 0.333. The third kappa shape index (κ3) is 3.65. The Morgan fingerprint density at radius 3 is 2.82 bits per heavy atom. The molecule has 0 bridgehead atoms. The summed E-state index contributed by atoms with van der Waals surface area (Å²) in [5, 5.41) is 10.2. The highest BCUT2D eigenvalue weighted by Gasteiger charge is 2.28. The van der Waals surface area contributed by atoms with Crippen molar-refractivity contribution in [3.05, 3.63) is 42.7 Å². The number of amides is 1. The Balaban J connectivity index is 0.00000176. The van der Waals surface area contributed by atoms with Crippen molar-refractivity contribution in [1.29, 1.82) is 0 Å². The molecule has 0 unspecified atom stereocenters. The van der Waals surface area contributed by atoms with Gasteiger partial charge in [-0.05, 0) is 37.3 Å².